The normalized spacial score (nSPS) is 15.0. The molecule has 168 valence electrons. The van der Waals surface area contributed by atoms with Crippen LogP contribution in [0, 0.1) is 3.57 Å². The van der Waals surface area contributed by atoms with Crippen LogP contribution < -0.4 is 14.8 Å². The summed E-state index contributed by atoms with van der Waals surface area (Å²) in [6.07, 6.45) is 2.87. The minimum Gasteiger partial charge on any atom is -0.493 e. The van der Waals surface area contributed by atoms with Gasteiger partial charge in [-0.2, -0.15) is 0 Å². The first-order valence-electron chi connectivity index (χ1n) is 9.91. The number of benzene rings is 2. The van der Waals surface area contributed by atoms with E-state index < -0.39 is 17.8 Å². The zero-order valence-corrected chi connectivity index (χ0v) is 19.7. The van der Waals surface area contributed by atoms with Gasteiger partial charge in [0.2, 0.25) is 0 Å². The monoisotopic (exact) mass is 558 g/mol. The number of carbonyl (C=O) groups is 3. The van der Waals surface area contributed by atoms with Crippen molar-refractivity contribution in [3.8, 4) is 11.5 Å². The molecule has 1 aromatic heterocycles. The van der Waals surface area contributed by atoms with Crippen LogP contribution in [0.3, 0.4) is 0 Å². The first-order chi connectivity index (χ1) is 16.0. The molecule has 33 heavy (non-hydrogen) atoms. The maximum Gasteiger partial charge on any atom is 0.331 e. The lowest BCUT2D eigenvalue weighted by Gasteiger charge is -2.25. The number of methoxy groups -OCH3 is 1. The Kier molecular flexibility index (Phi) is 6.78. The molecule has 9 heteroatoms. The number of carbonyl (C=O) groups excluding carboxylic acids is 3. The molecule has 2 aromatic carbocycles. The van der Waals surface area contributed by atoms with Gasteiger partial charge in [-0.1, -0.05) is 30.3 Å². The first kappa shape index (κ1) is 22.6. The summed E-state index contributed by atoms with van der Waals surface area (Å²) in [5.41, 5.74) is 1.39. The van der Waals surface area contributed by atoms with Gasteiger partial charge < -0.3 is 13.9 Å². The summed E-state index contributed by atoms with van der Waals surface area (Å²) >= 11 is 2.11. The highest BCUT2D eigenvalue weighted by atomic mass is 127. The summed E-state index contributed by atoms with van der Waals surface area (Å²) in [4.78, 5) is 38.4. The Morgan fingerprint density at radius 1 is 1.09 bits per heavy atom. The number of rotatable bonds is 7. The van der Waals surface area contributed by atoms with Gasteiger partial charge in [0.05, 0.1) is 23.5 Å². The molecule has 0 radical (unpaired) electrons. The average molecular weight is 558 g/mol. The maximum absolute atomic E-state index is 12.9. The second kappa shape index (κ2) is 9.90. The van der Waals surface area contributed by atoms with E-state index in [0.717, 1.165) is 14.0 Å². The van der Waals surface area contributed by atoms with Crippen molar-refractivity contribution < 1.29 is 28.3 Å². The third-order valence-corrected chi connectivity index (χ3v) is 5.67. The molecule has 1 saturated heterocycles. The number of halogens is 1. The van der Waals surface area contributed by atoms with Crippen molar-refractivity contribution in [2.45, 2.75) is 13.2 Å². The van der Waals surface area contributed by atoms with Crippen LogP contribution in [-0.2, 0) is 22.7 Å². The Bertz CT molecular complexity index is 1220. The Balaban J connectivity index is 1.60. The zero-order valence-electron chi connectivity index (χ0n) is 17.5. The molecule has 4 rings (SSSR count). The van der Waals surface area contributed by atoms with Crippen LogP contribution in [0.5, 0.6) is 11.5 Å². The van der Waals surface area contributed by atoms with Crippen LogP contribution >= 0.6 is 22.6 Å². The summed E-state index contributed by atoms with van der Waals surface area (Å²) in [5, 5.41) is 2.20. The highest BCUT2D eigenvalue weighted by Crippen LogP contribution is 2.35. The van der Waals surface area contributed by atoms with Crippen molar-refractivity contribution in [3.05, 3.63) is 86.9 Å². The molecule has 4 amide bonds. The fraction of sp³-hybridized carbons (Fsp3) is 0.125. The van der Waals surface area contributed by atoms with Crippen molar-refractivity contribution in [2.24, 2.45) is 0 Å². The topological polar surface area (TPSA) is 98.1 Å². The van der Waals surface area contributed by atoms with Crippen molar-refractivity contribution in [3.63, 3.8) is 0 Å². The summed E-state index contributed by atoms with van der Waals surface area (Å²) in [5.74, 6) is -0.0454. The molecule has 1 fully saturated rings. The number of hydrogen-bond acceptors (Lipinski definition) is 6. The second-order valence-corrected chi connectivity index (χ2v) is 8.26. The average Bonchev–Trinajstić information content (AvgIpc) is 3.32. The van der Waals surface area contributed by atoms with Crippen molar-refractivity contribution in [2.75, 3.05) is 7.11 Å². The molecular weight excluding hydrogens is 539 g/mol. The molecule has 0 spiro atoms. The van der Waals surface area contributed by atoms with Gasteiger partial charge in [0, 0.05) is 0 Å². The number of furan rings is 1. The molecule has 0 saturated carbocycles. The van der Waals surface area contributed by atoms with Crippen LogP contribution in [0.1, 0.15) is 16.9 Å². The second-order valence-electron chi connectivity index (χ2n) is 7.10. The Labute approximate surface area is 203 Å². The number of barbiturate groups is 1. The van der Waals surface area contributed by atoms with Gasteiger partial charge >= 0.3 is 6.03 Å². The number of hydrogen-bond donors (Lipinski definition) is 1. The Morgan fingerprint density at radius 3 is 2.58 bits per heavy atom. The van der Waals surface area contributed by atoms with Gasteiger partial charge in [-0.3, -0.25) is 19.8 Å². The molecule has 2 heterocycles. The van der Waals surface area contributed by atoms with E-state index in [0.29, 0.717) is 29.4 Å². The zero-order chi connectivity index (χ0) is 23.4. The van der Waals surface area contributed by atoms with Gasteiger partial charge in [0.25, 0.3) is 11.8 Å². The maximum atomic E-state index is 12.9. The molecule has 1 aliphatic rings. The highest BCUT2D eigenvalue weighted by molar-refractivity contribution is 14.1. The fourth-order valence-electron chi connectivity index (χ4n) is 3.26. The van der Waals surface area contributed by atoms with E-state index in [-0.39, 0.29) is 12.1 Å². The lowest BCUT2D eigenvalue weighted by Crippen LogP contribution is -2.53. The Morgan fingerprint density at radius 2 is 1.88 bits per heavy atom. The SMILES string of the molecule is COc1cc(/C=C2\C(=O)NC(=O)N(Cc3ccco3)C2=O)cc(I)c1OCc1ccccc1. The van der Waals surface area contributed by atoms with Gasteiger partial charge in [-0.05, 0) is 64.1 Å². The standard InChI is InChI=1S/C24H19IN2O6/c1-31-20-12-16(11-19(25)21(20)33-14-15-6-3-2-4-7-15)10-18-22(28)26-24(30)27(23(18)29)13-17-8-5-9-32-17/h2-12H,13-14H2,1H3,(H,26,28,30)/b18-10+. The van der Waals surface area contributed by atoms with Gasteiger partial charge in [-0.15, -0.1) is 0 Å². The highest BCUT2D eigenvalue weighted by Gasteiger charge is 2.36. The summed E-state index contributed by atoms with van der Waals surface area (Å²) < 4.78 is 17.4. The van der Waals surface area contributed by atoms with E-state index in [4.69, 9.17) is 13.9 Å². The van der Waals surface area contributed by atoms with Crippen LogP contribution in [0.4, 0.5) is 4.79 Å². The minimum atomic E-state index is -0.796. The smallest absolute Gasteiger partial charge is 0.331 e. The third-order valence-electron chi connectivity index (χ3n) is 4.87. The summed E-state index contributed by atoms with van der Waals surface area (Å²) in [6, 6.07) is 15.7. The molecule has 3 aromatic rings. The molecule has 8 nitrogen and oxygen atoms in total. The van der Waals surface area contributed by atoms with Crippen LogP contribution in [0.25, 0.3) is 6.08 Å². The number of nitrogens with zero attached hydrogens (tertiary/aromatic N) is 1. The van der Waals surface area contributed by atoms with Crippen LogP contribution in [-0.4, -0.2) is 29.9 Å². The van der Waals surface area contributed by atoms with Crippen molar-refractivity contribution in [1.82, 2.24) is 10.2 Å². The molecule has 0 atom stereocenters. The van der Waals surface area contributed by atoms with Crippen LogP contribution in [0.2, 0.25) is 0 Å². The van der Waals surface area contributed by atoms with Crippen LogP contribution in [0.15, 0.2) is 70.9 Å². The number of urea groups is 1. The van der Waals surface area contributed by atoms with Crippen molar-refractivity contribution >= 4 is 46.5 Å². The molecule has 0 aliphatic carbocycles. The minimum absolute atomic E-state index is 0.0879. The Hall–Kier alpha value is -3.60. The predicted molar refractivity (Wildman–Crippen MR) is 127 cm³/mol. The van der Waals surface area contributed by atoms with E-state index in [1.807, 2.05) is 30.3 Å². The lowest BCUT2D eigenvalue weighted by atomic mass is 10.1. The summed E-state index contributed by atoms with van der Waals surface area (Å²) in [7, 11) is 1.51. The van der Waals surface area contributed by atoms with Crippen molar-refractivity contribution in [1.29, 1.82) is 0 Å². The van der Waals surface area contributed by atoms with E-state index in [1.54, 1.807) is 24.3 Å². The number of imide groups is 2. The molecule has 0 unspecified atom stereocenters. The largest absolute Gasteiger partial charge is 0.493 e. The van der Waals surface area contributed by atoms with E-state index in [2.05, 4.69) is 27.9 Å². The number of amides is 4. The van der Waals surface area contributed by atoms with Gasteiger partial charge in [0.1, 0.15) is 17.9 Å². The first-order valence-corrected chi connectivity index (χ1v) is 11.0. The quantitative estimate of drug-likeness (QED) is 0.266. The molecule has 0 bridgehead atoms. The van der Waals surface area contributed by atoms with Gasteiger partial charge in [-0.25, -0.2) is 4.79 Å². The number of ether oxygens (including phenoxy) is 2. The molecule has 1 aliphatic heterocycles. The van der Waals surface area contributed by atoms with E-state index >= 15 is 0 Å². The predicted octanol–water partition coefficient (Wildman–Crippen LogP) is 4.13. The van der Waals surface area contributed by atoms with Gasteiger partial charge in [0.15, 0.2) is 11.5 Å². The van der Waals surface area contributed by atoms with E-state index in [9.17, 15) is 14.4 Å². The lowest BCUT2D eigenvalue weighted by molar-refractivity contribution is -0.130. The summed E-state index contributed by atoms with van der Waals surface area (Å²) in [6.45, 7) is 0.272. The third kappa shape index (κ3) is 5.08. The molecular formula is C24H19IN2O6. The van der Waals surface area contributed by atoms with E-state index in [1.165, 1.54) is 19.4 Å². The number of nitrogens with one attached hydrogen (secondary N) is 1. The fourth-order valence-corrected chi connectivity index (χ4v) is 4.04. The molecule has 1 N–H and O–H groups in total.